The van der Waals surface area contributed by atoms with E-state index in [9.17, 15) is 17.6 Å². The largest absolute Gasteiger partial charge is 0.475 e. The Labute approximate surface area is 123 Å². The van der Waals surface area contributed by atoms with Gasteiger partial charge in [0.1, 0.15) is 11.6 Å². The molecule has 2 N–H and O–H groups in total. The van der Waals surface area contributed by atoms with E-state index in [2.05, 4.69) is 0 Å². The Kier molecular flexibility index (Phi) is 4.27. The highest BCUT2D eigenvalue weighted by Crippen LogP contribution is 2.39. The quantitative estimate of drug-likeness (QED) is 0.655. The molecule has 2 rings (SSSR count). The number of ether oxygens (including phenoxy) is 1. The number of nitrogen functional groups attached to an aromatic ring is 1. The van der Waals surface area contributed by atoms with Crippen molar-refractivity contribution in [2.45, 2.75) is 12.3 Å². The predicted molar refractivity (Wildman–Crippen MR) is 71.7 cm³/mol. The Morgan fingerprint density at radius 2 is 1.81 bits per heavy atom. The van der Waals surface area contributed by atoms with Crippen molar-refractivity contribution < 1.29 is 22.3 Å². The first kappa shape index (κ1) is 15.4. The van der Waals surface area contributed by atoms with Crippen LogP contribution in [0.25, 0.3) is 0 Å². The average Bonchev–Trinajstić information content (AvgIpc) is 2.36. The molecule has 0 saturated heterocycles. The summed E-state index contributed by atoms with van der Waals surface area (Å²) >= 11 is 5.80. The van der Waals surface area contributed by atoms with Gasteiger partial charge in [-0.05, 0) is 30.3 Å². The minimum absolute atomic E-state index is 0.0550. The van der Waals surface area contributed by atoms with Crippen LogP contribution in [0.4, 0.5) is 23.2 Å². The summed E-state index contributed by atoms with van der Waals surface area (Å²) in [6, 6.07) is 7.99. The third-order valence-electron chi connectivity index (χ3n) is 2.65. The maximum absolute atomic E-state index is 13.1. The van der Waals surface area contributed by atoms with Crippen LogP contribution in [-0.4, -0.2) is 6.18 Å². The molecule has 0 aliphatic rings. The van der Waals surface area contributed by atoms with Gasteiger partial charge in [-0.25, -0.2) is 4.39 Å². The number of benzene rings is 2. The van der Waals surface area contributed by atoms with Crippen molar-refractivity contribution in [3.05, 3.63) is 58.9 Å². The van der Waals surface area contributed by atoms with Gasteiger partial charge < -0.3 is 10.5 Å². The maximum atomic E-state index is 13.1. The second-order valence-corrected chi connectivity index (χ2v) is 4.69. The first-order valence-electron chi connectivity index (χ1n) is 5.81. The molecule has 0 bridgehead atoms. The van der Waals surface area contributed by atoms with E-state index in [1.165, 1.54) is 24.3 Å². The molecule has 0 saturated carbocycles. The fraction of sp³-hybridized carbons (Fsp3) is 0.143. The molecule has 2 aromatic carbocycles. The highest BCUT2D eigenvalue weighted by atomic mass is 35.5. The Balaban J connectivity index is 2.38. The van der Waals surface area contributed by atoms with Crippen LogP contribution in [-0.2, 0) is 0 Å². The number of anilines is 1. The monoisotopic (exact) mass is 319 g/mol. The van der Waals surface area contributed by atoms with E-state index in [0.717, 1.165) is 18.2 Å². The Morgan fingerprint density at radius 1 is 1.10 bits per heavy atom. The van der Waals surface area contributed by atoms with Crippen LogP contribution in [0.15, 0.2) is 42.5 Å². The molecule has 0 aliphatic heterocycles. The number of halogens is 5. The summed E-state index contributed by atoms with van der Waals surface area (Å²) in [6.07, 6.45) is -7.05. The highest BCUT2D eigenvalue weighted by molar-refractivity contribution is 6.32. The third kappa shape index (κ3) is 3.78. The molecular formula is C14H10ClF4NO. The summed E-state index contributed by atoms with van der Waals surface area (Å²) < 4.78 is 57.4. The Hall–Kier alpha value is -1.95. The molecule has 0 spiro atoms. The first-order chi connectivity index (χ1) is 9.77. The van der Waals surface area contributed by atoms with E-state index >= 15 is 0 Å². The van der Waals surface area contributed by atoms with E-state index < -0.39 is 18.1 Å². The van der Waals surface area contributed by atoms with Crippen LogP contribution in [0.2, 0.25) is 5.02 Å². The van der Waals surface area contributed by atoms with Gasteiger partial charge in [-0.3, -0.25) is 0 Å². The van der Waals surface area contributed by atoms with Gasteiger partial charge in [0, 0.05) is 11.3 Å². The molecule has 21 heavy (non-hydrogen) atoms. The fourth-order valence-electron chi connectivity index (χ4n) is 1.73. The molecule has 7 heteroatoms. The molecule has 1 unspecified atom stereocenters. The zero-order valence-corrected chi connectivity index (χ0v) is 11.3. The van der Waals surface area contributed by atoms with E-state index in [1.807, 2.05) is 0 Å². The van der Waals surface area contributed by atoms with Crippen LogP contribution < -0.4 is 10.5 Å². The summed E-state index contributed by atoms with van der Waals surface area (Å²) in [7, 11) is 0. The van der Waals surface area contributed by atoms with E-state index in [-0.39, 0.29) is 16.3 Å². The molecular weight excluding hydrogens is 310 g/mol. The smallest absolute Gasteiger partial charge is 0.429 e. The molecule has 0 aromatic heterocycles. The molecule has 0 amide bonds. The average molecular weight is 320 g/mol. The van der Waals surface area contributed by atoms with Gasteiger partial charge in [0.2, 0.25) is 6.10 Å². The van der Waals surface area contributed by atoms with Crippen molar-refractivity contribution in [2.75, 3.05) is 5.73 Å². The summed E-state index contributed by atoms with van der Waals surface area (Å²) in [5, 5.41) is -0.0550. The summed E-state index contributed by atoms with van der Waals surface area (Å²) in [5.41, 5.74) is 5.40. The molecule has 2 aromatic rings. The van der Waals surface area contributed by atoms with Gasteiger partial charge >= 0.3 is 6.18 Å². The molecule has 2 nitrogen and oxygen atoms in total. The molecule has 0 fully saturated rings. The van der Waals surface area contributed by atoms with Crippen LogP contribution >= 0.6 is 11.6 Å². The second kappa shape index (κ2) is 5.81. The fourth-order valence-corrected chi connectivity index (χ4v) is 1.97. The molecule has 0 aliphatic carbocycles. The van der Waals surface area contributed by atoms with Crippen LogP contribution in [0.5, 0.6) is 5.75 Å². The first-order valence-corrected chi connectivity index (χ1v) is 6.19. The van der Waals surface area contributed by atoms with Gasteiger partial charge in [-0.15, -0.1) is 0 Å². The van der Waals surface area contributed by atoms with Crippen molar-refractivity contribution in [2.24, 2.45) is 0 Å². The van der Waals surface area contributed by atoms with Crippen LogP contribution in [0.3, 0.4) is 0 Å². The molecule has 1 atom stereocenters. The Morgan fingerprint density at radius 3 is 2.38 bits per heavy atom. The van der Waals surface area contributed by atoms with Crippen LogP contribution in [0.1, 0.15) is 11.7 Å². The lowest BCUT2D eigenvalue weighted by molar-refractivity contribution is -0.198. The molecule has 0 heterocycles. The zero-order chi connectivity index (χ0) is 15.6. The highest BCUT2D eigenvalue weighted by Gasteiger charge is 2.43. The van der Waals surface area contributed by atoms with Crippen molar-refractivity contribution >= 4 is 17.3 Å². The second-order valence-electron chi connectivity index (χ2n) is 4.28. The lowest BCUT2D eigenvalue weighted by atomic mass is 10.1. The summed E-state index contributed by atoms with van der Waals surface area (Å²) in [6.45, 7) is 0. The van der Waals surface area contributed by atoms with Crippen LogP contribution in [0, 0.1) is 5.82 Å². The minimum atomic E-state index is -4.72. The zero-order valence-electron chi connectivity index (χ0n) is 10.5. The predicted octanol–water partition coefficient (Wildman–Crippen LogP) is 4.74. The standard InChI is InChI=1S/C14H10ClF4NO/c15-11-7-10(20)4-5-12(11)21-13(14(17,18)19)8-2-1-3-9(16)6-8/h1-7,13H,20H2. The Bertz CT molecular complexity index is 645. The lowest BCUT2D eigenvalue weighted by Gasteiger charge is -2.22. The topological polar surface area (TPSA) is 35.2 Å². The van der Waals surface area contributed by atoms with E-state index in [0.29, 0.717) is 5.69 Å². The lowest BCUT2D eigenvalue weighted by Crippen LogP contribution is -2.26. The van der Waals surface area contributed by atoms with E-state index in [4.69, 9.17) is 22.1 Å². The van der Waals surface area contributed by atoms with Crippen molar-refractivity contribution in [3.8, 4) is 5.75 Å². The molecule has 112 valence electrons. The van der Waals surface area contributed by atoms with Crippen molar-refractivity contribution in [3.63, 3.8) is 0 Å². The number of nitrogens with two attached hydrogens (primary N) is 1. The number of alkyl halides is 3. The van der Waals surface area contributed by atoms with Crippen molar-refractivity contribution in [1.82, 2.24) is 0 Å². The minimum Gasteiger partial charge on any atom is -0.475 e. The van der Waals surface area contributed by atoms with E-state index in [1.54, 1.807) is 0 Å². The SMILES string of the molecule is Nc1ccc(OC(c2cccc(F)c2)C(F)(F)F)c(Cl)c1. The molecule has 0 radical (unpaired) electrons. The number of hydrogen-bond acceptors (Lipinski definition) is 2. The van der Waals surface area contributed by atoms with Gasteiger partial charge in [0.15, 0.2) is 0 Å². The van der Waals surface area contributed by atoms with Gasteiger partial charge in [-0.2, -0.15) is 13.2 Å². The third-order valence-corrected chi connectivity index (χ3v) is 2.94. The number of rotatable bonds is 3. The summed E-state index contributed by atoms with van der Waals surface area (Å²) in [4.78, 5) is 0. The van der Waals surface area contributed by atoms with Gasteiger partial charge in [0.05, 0.1) is 5.02 Å². The maximum Gasteiger partial charge on any atom is 0.429 e. The summed E-state index contributed by atoms with van der Waals surface area (Å²) in [5.74, 6) is -0.966. The van der Waals surface area contributed by atoms with Gasteiger partial charge in [0.25, 0.3) is 0 Å². The number of hydrogen-bond donors (Lipinski definition) is 1. The van der Waals surface area contributed by atoms with Crippen molar-refractivity contribution in [1.29, 1.82) is 0 Å². The van der Waals surface area contributed by atoms with Gasteiger partial charge in [-0.1, -0.05) is 23.7 Å². The normalized spacial score (nSPS) is 13.0.